The molecule has 1 saturated heterocycles. The van der Waals surface area contributed by atoms with Crippen LogP contribution >= 0.6 is 11.3 Å². The first-order valence-electron chi connectivity index (χ1n) is 6.90. The lowest BCUT2D eigenvalue weighted by Crippen LogP contribution is -2.54. The van der Waals surface area contributed by atoms with Crippen molar-refractivity contribution in [2.24, 2.45) is 5.92 Å². The summed E-state index contributed by atoms with van der Waals surface area (Å²) >= 11 is 1.44. The molecule has 1 aromatic rings. The highest BCUT2D eigenvalue weighted by atomic mass is 32.1. The highest BCUT2D eigenvalue weighted by molar-refractivity contribution is 7.15. The van der Waals surface area contributed by atoms with Crippen molar-refractivity contribution in [3.05, 3.63) is 11.1 Å². The molecule has 2 heterocycles. The molecule has 0 radical (unpaired) electrons. The normalized spacial score (nSPS) is 22.4. The number of likely N-dealkylation sites (tertiary alicyclic amines) is 1. The molecule has 1 aliphatic heterocycles. The van der Waals surface area contributed by atoms with Gasteiger partial charge in [0.15, 0.2) is 5.13 Å². The van der Waals surface area contributed by atoms with Crippen LogP contribution in [0, 0.1) is 12.8 Å². The summed E-state index contributed by atoms with van der Waals surface area (Å²) in [6.07, 6.45) is 3.29. The van der Waals surface area contributed by atoms with E-state index in [1.807, 2.05) is 27.7 Å². The first-order chi connectivity index (χ1) is 9.34. The second-order valence-electron chi connectivity index (χ2n) is 5.75. The van der Waals surface area contributed by atoms with E-state index in [9.17, 15) is 9.59 Å². The van der Waals surface area contributed by atoms with Crippen LogP contribution in [0.5, 0.6) is 0 Å². The number of thiazole rings is 1. The molecule has 2 amide bonds. The first kappa shape index (κ1) is 15.0. The van der Waals surface area contributed by atoms with Crippen LogP contribution in [0.3, 0.4) is 0 Å². The van der Waals surface area contributed by atoms with Crippen molar-refractivity contribution in [2.75, 3.05) is 11.9 Å². The second-order valence-corrected chi connectivity index (χ2v) is 6.99. The molecule has 5 nitrogen and oxygen atoms in total. The van der Waals surface area contributed by atoms with Gasteiger partial charge in [0.1, 0.15) is 5.54 Å². The molecule has 0 bridgehead atoms. The zero-order valence-electron chi connectivity index (χ0n) is 12.4. The monoisotopic (exact) mass is 295 g/mol. The third-order valence-corrected chi connectivity index (χ3v) is 4.56. The minimum Gasteiger partial charge on any atom is -0.328 e. The van der Waals surface area contributed by atoms with E-state index in [1.54, 1.807) is 11.1 Å². The van der Waals surface area contributed by atoms with Crippen LogP contribution < -0.4 is 5.32 Å². The van der Waals surface area contributed by atoms with Gasteiger partial charge >= 0.3 is 0 Å². The Balaban J connectivity index is 2.15. The summed E-state index contributed by atoms with van der Waals surface area (Å²) in [5.41, 5.74) is -0.763. The van der Waals surface area contributed by atoms with E-state index < -0.39 is 5.54 Å². The van der Waals surface area contributed by atoms with Gasteiger partial charge < -0.3 is 4.90 Å². The summed E-state index contributed by atoms with van der Waals surface area (Å²) < 4.78 is 0. The SMILES string of the molecule is Cc1cnc(NC(=O)C2(C)CCCN2C(=O)C(C)C)s1. The van der Waals surface area contributed by atoms with Crippen LogP contribution in [-0.2, 0) is 9.59 Å². The summed E-state index contributed by atoms with van der Waals surface area (Å²) in [6.45, 7) is 8.17. The van der Waals surface area contributed by atoms with Gasteiger partial charge in [-0.2, -0.15) is 0 Å². The number of hydrogen-bond donors (Lipinski definition) is 1. The van der Waals surface area contributed by atoms with Gasteiger partial charge in [0.2, 0.25) is 5.91 Å². The maximum atomic E-state index is 12.5. The van der Waals surface area contributed by atoms with E-state index in [1.165, 1.54) is 11.3 Å². The summed E-state index contributed by atoms with van der Waals surface area (Å²) in [5, 5.41) is 3.44. The Morgan fingerprint density at radius 3 is 2.75 bits per heavy atom. The minimum atomic E-state index is -0.763. The molecule has 20 heavy (non-hydrogen) atoms. The van der Waals surface area contributed by atoms with E-state index in [-0.39, 0.29) is 17.7 Å². The molecule has 1 aliphatic rings. The van der Waals surface area contributed by atoms with Gasteiger partial charge in [-0.15, -0.1) is 11.3 Å². The van der Waals surface area contributed by atoms with Crippen LogP contribution in [0.15, 0.2) is 6.20 Å². The molecule has 0 saturated carbocycles. The van der Waals surface area contributed by atoms with Crippen molar-refractivity contribution < 1.29 is 9.59 Å². The van der Waals surface area contributed by atoms with Crippen LogP contribution in [0.4, 0.5) is 5.13 Å². The standard InChI is InChI=1S/C14H21N3O2S/c1-9(2)11(18)17-7-5-6-14(17,4)12(19)16-13-15-8-10(3)20-13/h8-9H,5-7H2,1-4H3,(H,15,16,19). The number of amides is 2. The Kier molecular flexibility index (Phi) is 4.13. The quantitative estimate of drug-likeness (QED) is 0.931. The fourth-order valence-corrected chi connectivity index (χ4v) is 3.17. The molecule has 6 heteroatoms. The molecule has 0 aliphatic carbocycles. The maximum Gasteiger partial charge on any atom is 0.251 e. The fourth-order valence-electron chi connectivity index (χ4n) is 2.51. The van der Waals surface area contributed by atoms with Gasteiger partial charge in [0.25, 0.3) is 5.91 Å². The van der Waals surface area contributed by atoms with Crippen LogP contribution in [0.25, 0.3) is 0 Å². The molecular weight excluding hydrogens is 274 g/mol. The first-order valence-corrected chi connectivity index (χ1v) is 7.71. The summed E-state index contributed by atoms with van der Waals surface area (Å²) in [4.78, 5) is 31.7. The zero-order chi connectivity index (χ0) is 14.9. The Hall–Kier alpha value is -1.43. The van der Waals surface area contributed by atoms with Gasteiger partial charge in [-0.1, -0.05) is 13.8 Å². The van der Waals surface area contributed by atoms with Crippen LogP contribution in [-0.4, -0.2) is 33.8 Å². The summed E-state index contributed by atoms with van der Waals surface area (Å²) in [5.74, 6) is -0.198. The molecule has 1 aromatic heterocycles. The minimum absolute atomic E-state index is 0.0375. The molecule has 1 atom stereocenters. The third kappa shape index (κ3) is 2.70. The average Bonchev–Trinajstić information content (AvgIpc) is 2.95. The van der Waals surface area contributed by atoms with Crippen molar-refractivity contribution in [3.8, 4) is 0 Å². The van der Waals surface area contributed by atoms with Crippen molar-refractivity contribution in [2.45, 2.75) is 46.1 Å². The Bertz CT molecular complexity index is 526. The van der Waals surface area contributed by atoms with Crippen molar-refractivity contribution >= 4 is 28.3 Å². The predicted octanol–water partition coefficient (Wildman–Crippen LogP) is 2.43. The molecular formula is C14H21N3O2S. The number of hydrogen-bond acceptors (Lipinski definition) is 4. The van der Waals surface area contributed by atoms with Crippen molar-refractivity contribution in [1.82, 2.24) is 9.88 Å². The average molecular weight is 295 g/mol. The smallest absolute Gasteiger partial charge is 0.251 e. The van der Waals surface area contributed by atoms with Crippen molar-refractivity contribution in [1.29, 1.82) is 0 Å². The van der Waals surface area contributed by atoms with Crippen LogP contribution in [0.2, 0.25) is 0 Å². The largest absolute Gasteiger partial charge is 0.328 e. The number of nitrogens with one attached hydrogen (secondary N) is 1. The molecule has 1 N–H and O–H groups in total. The molecule has 1 fully saturated rings. The fraction of sp³-hybridized carbons (Fsp3) is 0.643. The molecule has 1 unspecified atom stereocenters. The number of carbonyl (C=O) groups is 2. The van der Waals surface area contributed by atoms with E-state index in [2.05, 4.69) is 10.3 Å². The van der Waals surface area contributed by atoms with E-state index in [0.29, 0.717) is 18.1 Å². The lowest BCUT2D eigenvalue weighted by molar-refractivity contribution is -0.144. The highest BCUT2D eigenvalue weighted by Crippen LogP contribution is 2.32. The molecule has 0 spiro atoms. The van der Waals surface area contributed by atoms with Gasteiger partial charge in [-0.05, 0) is 26.7 Å². The summed E-state index contributed by atoms with van der Waals surface area (Å²) in [7, 11) is 0. The highest BCUT2D eigenvalue weighted by Gasteiger charge is 2.46. The van der Waals surface area contributed by atoms with Gasteiger partial charge in [-0.3, -0.25) is 14.9 Å². The Labute approximate surface area is 123 Å². The third-order valence-electron chi connectivity index (χ3n) is 3.73. The predicted molar refractivity (Wildman–Crippen MR) is 79.7 cm³/mol. The lowest BCUT2D eigenvalue weighted by Gasteiger charge is -2.34. The van der Waals surface area contributed by atoms with E-state index >= 15 is 0 Å². The van der Waals surface area contributed by atoms with E-state index in [4.69, 9.17) is 0 Å². The Morgan fingerprint density at radius 2 is 2.20 bits per heavy atom. The van der Waals surface area contributed by atoms with Crippen LogP contribution in [0.1, 0.15) is 38.5 Å². The second kappa shape index (κ2) is 5.52. The lowest BCUT2D eigenvalue weighted by atomic mass is 9.96. The van der Waals surface area contributed by atoms with Crippen molar-refractivity contribution in [3.63, 3.8) is 0 Å². The number of rotatable bonds is 3. The number of carbonyl (C=O) groups excluding carboxylic acids is 2. The number of aromatic nitrogens is 1. The molecule has 2 rings (SSSR count). The number of nitrogens with zero attached hydrogens (tertiary/aromatic N) is 2. The zero-order valence-corrected chi connectivity index (χ0v) is 13.2. The van der Waals surface area contributed by atoms with Gasteiger partial charge in [0, 0.05) is 23.5 Å². The molecule has 0 aromatic carbocycles. The Morgan fingerprint density at radius 1 is 1.50 bits per heavy atom. The number of aryl methyl sites for hydroxylation is 1. The van der Waals surface area contributed by atoms with Gasteiger partial charge in [0.05, 0.1) is 0 Å². The number of anilines is 1. The molecule has 110 valence electrons. The summed E-state index contributed by atoms with van der Waals surface area (Å²) in [6, 6.07) is 0. The maximum absolute atomic E-state index is 12.5. The topological polar surface area (TPSA) is 62.3 Å². The van der Waals surface area contributed by atoms with Gasteiger partial charge in [-0.25, -0.2) is 4.98 Å². The van der Waals surface area contributed by atoms with E-state index in [0.717, 1.165) is 11.3 Å².